The summed E-state index contributed by atoms with van der Waals surface area (Å²) in [6.07, 6.45) is 7.26. The van der Waals surface area contributed by atoms with Gasteiger partial charge in [0.1, 0.15) is 5.82 Å². The second kappa shape index (κ2) is 3.65. The summed E-state index contributed by atoms with van der Waals surface area (Å²) in [7, 11) is 0. The lowest BCUT2D eigenvalue weighted by Crippen LogP contribution is -2.37. The molecule has 1 N–H and O–H groups in total. The van der Waals surface area contributed by atoms with Gasteiger partial charge in [-0.05, 0) is 38.3 Å². The van der Waals surface area contributed by atoms with Gasteiger partial charge in [-0.2, -0.15) is 0 Å². The highest BCUT2D eigenvalue weighted by atomic mass is 15.1. The van der Waals surface area contributed by atoms with Gasteiger partial charge in [-0.1, -0.05) is 6.92 Å². The summed E-state index contributed by atoms with van der Waals surface area (Å²) in [5, 5.41) is 3.53. The maximum atomic E-state index is 4.43. The van der Waals surface area contributed by atoms with Crippen LogP contribution in [0.5, 0.6) is 0 Å². The van der Waals surface area contributed by atoms with Crippen LogP contribution in [0.25, 0.3) is 0 Å². The minimum absolute atomic E-state index is 0.0493. The summed E-state index contributed by atoms with van der Waals surface area (Å²) < 4.78 is 0. The van der Waals surface area contributed by atoms with Gasteiger partial charge in [0.2, 0.25) is 0 Å². The van der Waals surface area contributed by atoms with Crippen molar-refractivity contribution < 1.29 is 0 Å². The molecule has 1 aromatic heterocycles. The summed E-state index contributed by atoms with van der Waals surface area (Å²) in [6.45, 7) is 5.30. The Morgan fingerprint density at radius 3 is 2.64 bits per heavy atom. The van der Waals surface area contributed by atoms with E-state index in [0.717, 1.165) is 30.8 Å². The molecule has 1 atom stereocenters. The standard InChI is InChI=1S/C11H17N3/c1-3-11(5-4-6-14-11)10-12-7-9(2)8-13-10/h7-8,14H,3-6H2,1-2H3. The molecular weight excluding hydrogens is 174 g/mol. The third-order valence-electron chi connectivity index (χ3n) is 3.06. The summed E-state index contributed by atoms with van der Waals surface area (Å²) in [4.78, 5) is 8.86. The molecule has 1 aromatic rings. The molecule has 0 radical (unpaired) electrons. The SMILES string of the molecule is CCC1(c2ncc(C)cn2)CCCN1. The average molecular weight is 191 g/mol. The Labute approximate surface area is 85.0 Å². The maximum Gasteiger partial charge on any atom is 0.148 e. The summed E-state index contributed by atoms with van der Waals surface area (Å²) in [5.74, 6) is 0.961. The largest absolute Gasteiger partial charge is 0.305 e. The van der Waals surface area contributed by atoms with Gasteiger partial charge in [-0.25, -0.2) is 9.97 Å². The van der Waals surface area contributed by atoms with Crippen molar-refractivity contribution >= 4 is 0 Å². The lowest BCUT2D eigenvalue weighted by Gasteiger charge is -2.26. The average Bonchev–Trinajstić information content (AvgIpc) is 2.68. The predicted octanol–water partition coefficient (Wildman–Crippen LogP) is 1.77. The van der Waals surface area contributed by atoms with E-state index < -0.39 is 0 Å². The van der Waals surface area contributed by atoms with Crippen LogP contribution >= 0.6 is 0 Å². The van der Waals surface area contributed by atoms with Gasteiger partial charge < -0.3 is 5.32 Å². The Hall–Kier alpha value is -0.960. The topological polar surface area (TPSA) is 37.8 Å². The first-order chi connectivity index (χ1) is 6.77. The van der Waals surface area contributed by atoms with E-state index in [0.29, 0.717) is 0 Å². The molecule has 3 nitrogen and oxygen atoms in total. The van der Waals surface area contributed by atoms with Crippen LogP contribution in [0.4, 0.5) is 0 Å². The van der Waals surface area contributed by atoms with Gasteiger partial charge in [0.05, 0.1) is 5.54 Å². The van der Waals surface area contributed by atoms with E-state index in [2.05, 4.69) is 22.2 Å². The van der Waals surface area contributed by atoms with Crippen molar-refractivity contribution in [3.05, 3.63) is 23.8 Å². The molecule has 0 aromatic carbocycles. The molecule has 14 heavy (non-hydrogen) atoms. The summed E-state index contributed by atoms with van der Waals surface area (Å²) in [6, 6.07) is 0. The number of nitrogens with zero attached hydrogens (tertiary/aromatic N) is 2. The first-order valence-corrected chi connectivity index (χ1v) is 5.31. The Morgan fingerprint density at radius 2 is 2.14 bits per heavy atom. The van der Waals surface area contributed by atoms with E-state index in [-0.39, 0.29) is 5.54 Å². The Kier molecular flexibility index (Phi) is 2.50. The normalized spacial score (nSPS) is 26.7. The molecule has 3 heteroatoms. The minimum atomic E-state index is 0.0493. The highest BCUT2D eigenvalue weighted by Crippen LogP contribution is 2.31. The van der Waals surface area contributed by atoms with Crippen LogP contribution < -0.4 is 5.32 Å². The monoisotopic (exact) mass is 191 g/mol. The molecule has 1 fully saturated rings. The number of aryl methyl sites for hydroxylation is 1. The van der Waals surface area contributed by atoms with Crippen LogP contribution in [0, 0.1) is 6.92 Å². The first-order valence-electron chi connectivity index (χ1n) is 5.31. The van der Waals surface area contributed by atoms with Crippen LogP contribution in [0.3, 0.4) is 0 Å². The lowest BCUT2D eigenvalue weighted by molar-refractivity contribution is 0.352. The van der Waals surface area contributed by atoms with Gasteiger partial charge in [0, 0.05) is 12.4 Å². The van der Waals surface area contributed by atoms with Gasteiger partial charge in [0.25, 0.3) is 0 Å². The molecule has 0 amide bonds. The van der Waals surface area contributed by atoms with Gasteiger partial charge in [-0.15, -0.1) is 0 Å². The molecule has 1 aliphatic heterocycles. The molecule has 0 spiro atoms. The van der Waals surface area contributed by atoms with E-state index >= 15 is 0 Å². The molecular formula is C11H17N3. The maximum absolute atomic E-state index is 4.43. The minimum Gasteiger partial charge on any atom is -0.305 e. The molecule has 1 unspecified atom stereocenters. The smallest absolute Gasteiger partial charge is 0.148 e. The summed E-state index contributed by atoms with van der Waals surface area (Å²) >= 11 is 0. The quantitative estimate of drug-likeness (QED) is 0.774. The fourth-order valence-corrected chi connectivity index (χ4v) is 2.10. The highest BCUT2D eigenvalue weighted by molar-refractivity contribution is 5.11. The van der Waals surface area contributed by atoms with Gasteiger partial charge in [-0.3, -0.25) is 0 Å². The third-order valence-corrected chi connectivity index (χ3v) is 3.06. The molecule has 2 rings (SSSR count). The van der Waals surface area contributed by atoms with Gasteiger partial charge in [0.15, 0.2) is 0 Å². The highest BCUT2D eigenvalue weighted by Gasteiger charge is 2.35. The van der Waals surface area contributed by atoms with Crippen molar-refractivity contribution in [1.82, 2.24) is 15.3 Å². The van der Waals surface area contributed by atoms with Crippen molar-refractivity contribution in [3.63, 3.8) is 0 Å². The Morgan fingerprint density at radius 1 is 1.43 bits per heavy atom. The second-order valence-electron chi connectivity index (χ2n) is 4.05. The first kappa shape index (κ1) is 9.59. The second-order valence-corrected chi connectivity index (χ2v) is 4.05. The Balaban J connectivity index is 2.31. The van der Waals surface area contributed by atoms with E-state index in [1.807, 2.05) is 19.3 Å². The number of rotatable bonds is 2. The van der Waals surface area contributed by atoms with Crippen LogP contribution in [0.1, 0.15) is 37.6 Å². The number of aromatic nitrogens is 2. The molecule has 1 saturated heterocycles. The zero-order chi connectivity index (χ0) is 10.0. The fourth-order valence-electron chi connectivity index (χ4n) is 2.10. The molecule has 0 bridgehead atoms. The molecule has 0 aliphatic carbocycles. The van der Waals surface area contributed by atoms with E-state index in [1.54, 1.807) is 0 Å². The number of nitrogens with one attached hydrogen (secondary N) is 1. The van der Waals surface area contributed by atoms with Crippen molar-refractivity contribution in [2.75, 3.05) is 6.54 Å². The van der Waals surface area contributed by atoms with Crippen LogP contribution in [-0.2, 0) is 5.54 Å². The molecule has 76 valence electrons. The molecule has 0 saturated carbocycles. The van der Waals surface area contributed by atoms with E-state index in [1.165, 1.54) is 6.42 Å². The van der Waals surface area contributed by atoms with Crippen LogP contribution in [0.15, 0.2) is 12.4 Å². The van der Waals surface area contributed by atoms with Crippen molar-refractivity contribution in [2.24, 2.45) is 0 Å². The Bertz CT molecular complexity index is 299. The third kappa shape index (κ3) is 1.52. The van der Waals surface area contributed by atoms with Crippen molar-refractivity contribution in [3.8, 4) is 0 Å². The number of hydrogen-bond donors (Lipinski definition) is 1. The zero-order valence-corrected chi connectivity index (χ0v) is 8.88. The van der Waals surface area contributed by atoms with Crippen LogP contribution in [0.2, 0.25) is 0 Å². The number of hydrogen-bond acceptors (Lipinski definition) is 3. The van der Waals surface area contributed by atoms with Crippen molar-refractivity contribution in [2.45, 2.75) is 38.6 Å². The fraction of sp³-hybridized carbons (Fsp3) is 0.636. The predicted molar refractivity (Wildman–Crippen MR) is 56.0 cm³/mol. The van der Waals surface area contributed by atoms with Crippen LogP contribution in [-0.4, -0.2) is 16.5 Å². The van der Waals surface area contributed by atoms with E-state index in [4.69, 9.17) is 0 Å². The molecule has 1 aliphatic rings. The lowest BCUT2D eigenvalue weighted by atomic mass is 9.93. The van der Waals surface area contributed by atoms with E-state index in [9.17, 15) is 0 Å². The molecule has 2 heterocycles. The van der Waals surface area contributed by atoms with Crippen molar-refractivity contribution in [1.29, 1.82) is 0 Å². The zero-order valence-electron chi connectivity index (χ0n) is 8.88. The van der Waals surface area contributed by atoms with Gasteiger partial charge >= 0.3 is 0 Å². The summed E-state index contributed by atoms with van der Waals surface area (Å²) in [5.41, 5.74) is 1.17.